The Morgan fingerprint density at radius 1 is 1.19 bits per heavy atom. The summed E-state index contributed by atoms with van der Waals surface area (Å²) < 4.78 is 0. The molecule has 2 fully saturated rings. The maximum atomic E-state index is 11.0. The lowest BCUT2D eigenvalue weighted by atomic mass is 9.84. The van der Waals surface area contributed by atoms with E-state index in [4.69, 9.17) is 5.11 Å². The van der Waals surface area contributed by atoms with Crippen LogP contribution in [0, 0.1) is 11.8 Å². The Bertz CT molecular complexity index is 477. The summed E-state index contributed by atoms with van der Waals surface area (Å²) in [6, 6.07) is 11.2. The fraction of sp³-hybridized carbons (Fsp3) is 0.588. The molecule has 4 heteroatoms. The lowest BCUT2D eigenvalue weighted by Gasteiger charge is -2.48. The van der Waals surface area contributed by atoms with Gasteiger partial charge in [-0.25, -0.2) is 0 Å². The van der Waals surface area contributed by atoms with Crippen LogP contribution in [0.5, 0.6) is 0 Å². The average Bonchev–Trinajstić information content (AvgIpc) is 2.47. The van der Waals surface area contributed by atoms with Crippen molar-refractivity contribution in [3.8, 4) is 0 Å². The molecule has 1 atom stereocenters. The number of likely N-dealkylation sites (tertiary alicyclic amines) is 1. The molecule has 2 aliphatic rings. The summed E-state index contributed by atoms with van der Waals surface area (Å²) >= 11 is 0. The molecule has 0 amide bonds. The summed E-state index contributed by atoms with van der Waals surface area (Å²) in [6.07, 6.45) is 2.37. The number of carboxylic acid groups (broad SMARTS) is 1. The molecule has 2 saturated heterocycles. The Hall–Kier alpha value is -1.55. The number of carboxylic acids is 1. The van der Waals surface area contributed by atoms with Crippen molar-refractivity contribution in [1.29, 1.82) is 0 Å². The molecule has 1 N–H and O–H groups in total. The first-order chi connectivity index (χ1) is 10.1. The first-order valence-electron chi connectivity index (χ1n) is 7.92. The van der Waals surface area contributed by atoms with Gasteiger partial charge in [-0.05, 0) is 30.9 Å². The molecule has 21 heavy (non-hydrogen) atoms. The second-order valence-corrected chi connectivity index (χ2v) is 6.39. The van der Waals surface area contributed by atoms with E-state index in [0.717, 1.165) is 26.2 Å². The van der Waals surface area contributed by atoms with Gasteiger partial charge in [-0.3, -0.25) is 9.69 Å². The SMILES string of the molecule is CC(C(=O)O)C1CN(C2CCN(c3ccccc3)CC2)C1. The molecule has 0 bridgehead atoms. The van der Waals surface area contributed by atoms with Crippen LogP contribution in [0.1, 0.15) is 19.8 Å². The van der Waals surface area contributed by atoms with Crippen LogP contribution < -0.4 is 4.90 Å². The van der Waals surface area contributed by atoms with Gasteiger partial charge in [0.15, 0.2) is 0 Å². The monoisotopic (exact) mass is 288 g/mol. The largest absolute Gasteiger partial charge is 0.481 e. The Labute approximate surface area is 126 Å². The number of rotatable bonds is 4. The summed E-state index contributed by atoms with van der Waals surface area (Å²) in [6.45, 7) is 5.96. The highest BCUT2D eigenvalue weighted by molar-refractivity contribution is 5.70. The lowest BCUT2D eigenvalue weighted by Crippen LogP contribution is -2.57. The van der Waals surface area contributed by atoms with Crippen molar-refractivity contribution >= 4 is 11.7 Å². The zero-order chi connectivity index (χ0) is 14.8. The molecule has 114 valence electrons. The molecule has 0 spiro atoms. The van der Waals surface area contributed by atoms with Gasteiger partial charge in [0.1, 0.15) is 0 Å². The molecule has 0 aromatic heterocycles. The number of carbonyl (C=O) groups is 1. The summed E-state index contributed by atoms with van der Waals surface area (Å²) in [4.78, 5) is 15.9. The van der Waals surface area contributed by atoms with Crippen molar-refractivity contribution in [1.82, 2.24) is 4.90 Å². The maximum Gasteiger partial charge on any atom is 0.306 e. The van der Waals surface area contributed by atoms with Crippen molar-refractivity contribution in [3.05, 3.63) is 30.3 Å². The predicted octanol–water partition coefficient (Wildman–Crippen LogP) is 2.31. The molecule has 2 heterocycles. The van der Waals surface area contributed by atoms with E-state index >= 15 is 0 Å². The van der Waals surface area contributed by atoms with Gasteiger partial charge in [0, 0.05) is 37.9 Å². The molecule has 0 saturated carbocycles. The standard InChI is InChI=1S/C17H24N2O2/c1-13(17(20)21)14-11-19(12-14)16-7-9-18(10-8-16)15-5-3-2-4-6-15/h2-6,13-14,16H,7-12H2,1H3,(H,20,21). The first-order valence-corrected chi connectivity index (χ1v) is 7.92. The van der Waals surface area contributed by atoms with Gasteiger partial charge < -0.3 is 10.0 Å². The van der Waals surface area contributed by atoms with Gasteiger partial charge in [0.25, 0.3) is 0 Å². The topological polar surface area (TPSA) is 43.8 Å². The molecule has 1 unspecified atom stereocenters. The number of hydrogen-bond donors (Lipinski definition) is 1. The Morgan fingerprint density at radius 2 is 1.81 bits per heavy atom. The van der Waals surface area contributed by atoms with Gasteiger partial charge >= 0.3 is 5.97 Å². The summed E-state index contributed by atoms with van der Waals surface area (Å²) in [5.41, 5.74) is 1.32. The molecule has 1 aromatic carbocycles. The van der Waals surface area contributed by atoms with Crippen LogP contribution in [0.25, 0.3) is 0 Å². The summed E-state index contributed by atoms with van der Waals surface area (Å²) in [7, 11) is 0. The maximum absolute atomic E-state index is 11.0. The molecule has 1 aromatic rings. The molecular formula is C17H24N2O2. The van der Waals surface area contributed by atoms with E-state index in [0.29, 0.717) is 12.0 Å². The van der Waals surface area contributed by atoms with Crippen LogP contribution >= 0.6 is 0 Å². The average molecular weight is 288 g/mol. The van der Waals surface area contributed by atoms with Gasteiger partial charge in [-0.1, -0.05) is 25.1 Å². The molecule has 2 aliphatic heterocycles. The Balaban J connectivity index is 1.46. The number of para-hydroxylation sites is 1. The fourth-order valence-corrected chi connectivity index (χ4v) is 3.49. The highest BCUT2D eigenvalue weighted by Crippen LogP contribution is 2.30. The molecule has 0 radical (unpaired) electrons. The number of benzene rings is 1. The van der Waals surface area contributed by atoms with Crippen molar-refractivity contribution in [3.63, 3.8) is 0 Å². The van der Waals surface area contributed by atoms with E-state index in [9.17, 15) is 4.79 Å². The third kappa shape index (κ3) is 3.05. The van der Waals surface area contributed by atoms with Crippen molar-refractivity contribution in [2.24, 2.45) is 11.8 Å². The van der Waals surface area contributed by atoms with E-state index in [1.54, 1.807) is 0 Å². The smallest absolute Gasteiger partial charge is 0.306 e. The van der Waals surface area contributed by atoms with E-state index in [1.165, 1.54) is 18.5 Å². The van der Waals surface area contributed by atoms with E-state index in [-0.39, 0.29) is 5.92 Å². The number of hydrogen-bond acceptors (Lipinski definition) is 3. The molecule has 3 rings (SSSR count). The zero-order valence-corrected chi connectivity index (χ0v) is 12.6. The highest BCUT2D eigenvalue weighted by atomic mass is 16.4. The second kappa shape index (κ2) is 6.06. The summed E-state index contributed by atoms with van der Waals surface area (Å²) in [5.74, 6) is -0.515. The van der Waals surface area contributed by atoms with Gasteiger partial charge in [-0.15, -0.1) is 0 Å². The number of aliphatic carboxylic acids is 1. The van der Waals surface area contributed by atoms with Crippen LogP contribution in [0.4, 0.5) is 5.69 Å². The van der Waals surface area contributed by atoms with Crippen LogP contribution in [0.2, 0.25) is 0 Å². The van der Waals surface area contributed by atoms with Crippen molar-refractivity contribution in [2.45, 2.75) is 25.8 Å². The molecule has 4 nitrogen and oxygen atoms in total. The fourth-order valence-electron chi connectivity index (χ4n) is 3.49. The van der Waals surface area contributed by atoms with Crippen LogP contribution in [-0.2, 0) is 4.79 Å². The summed E-state index contributed by atoms with van der Waals surface area (Å²) in [5, 5.41) is 9.05. The van der Waals surface area contributed by atoms with E-state index in [2.05, 4.69) is 40.1 Å². The van der Waals surface area contributed by atoms with Gasteiger partial charge in [-0.2, -0.15) is 0 Å². The van der Waals surface area contributed by atoms with Crippen molar-refractivity contribution < 1.29 is 9.90 Å². The zero-order valence-electron chi connectivity index (χ0n) is 12.6. The van der Waals surface area contributed by atoms with Crippen LogP contribution in [-0.4, -0.2) is 48.2 Å². The first kappa shape index (κ1) is 14.4. The minimum absolute atomic E-state index is 0.203. The van der Waals surface area contributed by atoms with E-state index in [1.807, 2.05) is 6.92 Å². The van der Waals surface area contributed by atoms with Gasteiger partial charge in [0.2, 0.25) is 0 Å². The Kier molecular flexibility index (Phi) is 4.15. The third-order valence-corrected chi connectivity index (χ3v) is 5.14. The number of piperidine rings is 1. The van der Waals surface area contributed by atoms with Crippen LogP contribution in [0.3, 0.4) is 0 Å². The predicted molar refractivity (Wildman–Crippen MR) is 83.5 cm³/mol. The minimum atomic E-state index is -0.654. The third-order valence-electron chi connectivity index (χ3n) is 5.14. The highest BCUT2D eigenvalue weighted by Gasteiger charge is 2.38. The minimum Gasteiger partial charge on any atom is -0.481 e. The molecular weight excluding hydrogens is 264 g/mol. The normalized spacial score (nSPS) is 22.8. The van der Waals surface area contributed by atoms with Gasteiger partial charge in [0.05, 0.1) is 5.92 Å². The van der Waals surface area contributed by atoms with E-state index < -0.39 is 5.97 Å². The Morgan fingerprint density at radius 3 is 2.38 bits per heavy atom. The van der Waals surface area contributed by atoms with Crippen LogP contribution in [0.15, 0.2) is 30.3 Å². The molecule has 0 aliphatic carbocycles. The number of anilines is 1. The number of nitrogens with zero attached hydrogens (tertiary/aromatic N) is 2. The quantitative estimate of drug-likeness (QED) is 0.923. The van der Waals surface area contributed by atoms with Crippen molar-refractivity contribution in [2.75, 3.05) is 31.1 Å². The lowest BCUT2D eigenvalue weighted by molar-refractivity contribution is -0.146. The second-order valence-electron chi connectivity index (χ2n) is 6.39.